The third-order valence-corrected chi connectivity index (χ3v) is 3.83. The Labute approximate surface area is 143 Å². The van der Waals surface area contributed by atoms with Gasteiger partial charge in [-0.05, 0) is 56.2 Å². The molecule has 1 amide bonds. The normalized spacial score (nSPS) is 10.5. The Balaban J connectivity index is 1.95. The van der Waals surface area contributed by atoms with E-state index in [1.807, 2.05) is 51.1 Å². The maximum Gasteiger partial charge on any atom is 0.228 e. The van der Waals surface area contributed by atoms with Crippen LogP contribution in [-0.4, -0.2) is 17.5 Å². The van der Waals surface area contributed by atoms with Crippen molar-refractivity contribution in [1.82, 2.24) is 4.98 Å². The number of benzene rings is 1. The van der Waals surface area contributed by atoms with E-state index in [-0.39, 0.29) is 11.8 Å². The Morgan fingerprint density at radius 2 is 1.71 bits per heavy atom. The lowest BCUT2D eigenvalue weighted by Gasteiger charge is -2.12. The zero-order valence-corrected chi connectivity index (χ0v) is 14.5. The summed E-state index contributed by atoms with van der Waals surface area (Å²) in [5.41, 5.74) is 1.81. The van der Waals surface area contributed by atoms with Crippen molar-refractivity contribution in [2.45, 2.75) is 33.6 Å². The van der Waals surface area contributed by atoms with Gasteiger partial charge in [0.1, 0.15) is 11.6 Å². The molecule has 1 aromatic carbocycles. The van der Waals surface area contributed by atoms with Crippen LogP contribution in [-0.2, 0) is 4.79 Å². The number of nitrogens with zero attached hydrogens (tertiary/aromatic N) is 1. The number of carbonyl (C=O) groups excluding carboxylic acids is 1. The van der Waals surface area contributed by atoms with Crippen LogP contribution in [0.5, 0.6) is 5.75 Å². The van der Waals surface area contributed by atoms with Gasteiger partial charge in [0.15, 0.2) is 0 Å². The number of pyridine rings is 1. The molecular formula is C19H25N3O2. The third kappa shape index (κ3) is 4.98. The first kappa shape index (κ1) is 17.8. The van der Waals surface area contributed by atoms with Crippen molar-refractivity contribution < 1.29 is 9.53 Å². The predicted octanol–water partition coefficient (Wildman–Crippen LogP) is 4.60. The van der Waals surface area contributed by atoms with Crippen LogP contribution in [0.25, 0.3) is 0 Å². The molecule has 2 rings (SSSR count). The summed E-state index contributed by atoms with van der Waals surface area (Å²) in [7, 11) is 0. The van der Waals surface area contributed by atoms with Gasteiger partial charge >= 0.3 is 0 Å². The van der Waals surface area contributed by atoms with Crippen LogP contribution in [0.15, 0.2) is 42.6 Å². The van der Waals surface area contributed by atoms with Gasteiger partial charge in [0, 0.05) is 11.6 Å². The number of carbonyl (C=O) groups is 1. The molecule has 5 nitrogen and oxygen atoms in total. The Morgan fingerprint density at radius 1 is 1.04 bits per heavy atom. The van der Waals surface area contributed by atoms with E-state index in [2.05, 4.69) is 15.6 Å². The molecule has 0 atom stereocenters. The van der Waals surface area contributed by atoms with Crippen molar-refractivity contribution >= 4 is 23.1 Å². The largest absolute Gasteiger partial charge is 0.494 e. The lowest BCUT2D eigenvalue weighted by Crippen LogP contribution is -2.22. The van der Waals surface area contributed by atoms with Gasteiger partial charge in [0.05, 0.1) is 18.5 Å². The monoisotopic (exact) mass is 327 g/mol. The molecule has 1 aromatic heterocycles. The summed E-state index contributed by atoms with van der Waals surface area (Å²) < 4.78 is 5.42. The zero-order valence-electron chi connectivity index (χ0n) is 14.5. The van der Waals surface area contributed by atoms with Crippen molar-refractivity contribution in [3.05, 3.63) is 42.6 Å². The highest BCUT2D eigenvalue weighted by molar-refractivity contribution is 5.91. The molecule has 0 aliphatic heterocycles. The maximum absolute atomic E-state index is 12.1. The van der Waals surface area contributed by atoms with E-state index < -0.39 is 0 Å². The fourth-order valence-electron chi connectivity index (χ4n) is 2.40. The van der Waals surface area contributed by atoms with Crippen molar-refractivity contribution in [3.63, 3.8) is 0 Å². The maximum atomic E-state index is 12.1. The number of rotatable bonds is 8. The smallest absolute Gasteiger partial charge is 0.228 e. The molecule has 0 saturated heterocycles. The van der Waals surface area contributed by atoms with Crippen LogP contribution in [0.3, 0.4) is 0 Å². The summed E-state index contributed by atoms with van der Waals surface area (Å²) in [6, 6.07) is 11.4. The van der Waals surface area contributed by atoms with Gasteiger partial charge in [-0.15, -0.1) is 0 Å². The highest BCUT2D eigenvalue weighted by Gasteiger charge is 2.14. The molecule has 0 aliphatic carbocycles. The number of amides is 1. The van der Waals surface area contributed by atoms with Gasteiger partial charge in [-0.25, -0.2) is 4.98 Å². The second kappa shape index (κ2) is 8.91. The molecule has 0 spiro atoms. The molecule has 0 radical (unpaired) electrons. The average Bonchev–Trinajstić information content (AvgIpc) is 2.60. The van der Waals surface area contributed by atoms with E-state index >= 15 is 0 Å². The summed E-state index contributed by atoms with van der Waals surface area (Å²) >= 11 is 0. The summed E-state index contributed by atoms with van der Waals surface area (Å²) in [4.78, 5) is 16.4. The number of anilines is 3. The molecule has 0 bridgehead atoms. The Hall–Kier alpha value is -2.56. The topological polar surface area (TPSA) is 63.2 Å². The van der Waals surface area contributed by atoms with Crippen molar-refractivity contribution in [3.8, 4) is 5.75 Å². The first-order valence-corrected chi connectivity index (χ1v) is 8.43. The Bertz CT molecular complexity index is 635. The second-order valence-corrected chi connectivity index (χ2v) is 5.52. The standard InChI is InChI=1S/C19H25N3O2/c1-4-14(5-2)19(23)22-18-12-9-16(13-20-18)21-15-7-10-17(11-8-15)24-6-3/h7-14,21H,4-6H2,1-3H3,(H,20,22,23). The average molecular weight is 327 g/mol. The minimum atomic E-state index is 0.0275. The van der Waals surface area contributed by atoms with Crippen LogP contribution in [0, 0.1) is 5.92 Å². The van der Waals surface area contributed by atoms with Gasteiger partial charge in [-0.2, -0.15) is 0 Å². The summed E-state index contributed by atoms with van der Waals surface area (Å²) in [5, 5.41) is 6.13. The van der Waals surface area contributed by atoms with Crippen LogP contribution in [0.4, 0.5) is 17.2 Å². The van der Waals surface area contributed by atoms with Crippen LogP contribution in [0.1, 0.15) is 33.6 Å². The zero-order chi connectivity index (χ0) is 17.4. The Kier molecular flexibility index (Phi) is 6.61. The first-order valence-electron chi connectivity index (χ1n) is 8.43. The van der Waals surface area contributed by atoms with Crippen molar-refractivity contribution in [2.24, 2.45) is 5.92 Å². The van der Waals surface area contributed by atoms with Gasteiger partial charge in [0.25, 0.3) is 0 Å². The van der Waals surface area contributed by atoms with E-state index in [4.69, 9.17) is 4.74 Å². The number of hydrogen-bond acceptors (Lipinski definition) is 4. The lowest BCUT2D eigenvalue weighted by molar-refractivity contribution is -0.120. The van der Waals surface area contributed by atoms with E-state index in [1.54, 1.807) is 12.3 Å². The molecule has 24 heavy (non-hydrogen) atoms. The minimum absolute atomic E-state index is 0.0275. The molecule has 5 heteroatoms. The Morgan fingerprint density at radius 3 is 2.25 bits per heavy atom. The molecule has 1 heterocycles. The molecule has 2 N–H and O–H groups in total. The first-order chi connectivity index (χ1) is 11.7. The summed E-state index contributed by atoms with van der Waals surface area (Å²) in [5.74, 6) is 1.48. The highest BCUT2D eigenvalue weighted by atomic mass is 16.5. The lowest BCUT2D eigenvalue weighted by atomic mass is 10.0. The van der Waals surface area contributed by atoms with E-state index in [1.165, 1.54) is 0 Å². The SMILES string of the molecule is CCOc1ccc(Nc2ccc(NC(=O)C(CC)CC)nc2)cc1. The highest BCUT2D eigenvalue weighted by Crippen LogP contribution is 2.20. The van der Waals surface area contributed by atoms with Crippen LogP contribution in [0.2, 0.25) is 0 Å². The molecule has 0 aliphatic rings. The molecule has 0 fully saturated rings. The van der Waals surface area contributed by atoms with Gasteiger partial charge < -0.3 is 15.4 Å². The number of hydrogen-bond donors (Lipinski definition) is 2. The van der Waals surface area contributed by atoms with Gasteiger partial charge in [0.2, 0.25) is 5.91 Å². The van der Waals surface area contributed by atoms with Gasteiger partial charge in [-0.3, -0.25) is 4.79 Å². The summed E-state index contributed by atoms with van der Waals surface area (Å²) in [6.45, 7) is 6.65. The minimum Gasteiger partial charge on any atom is -0.494 e. The number of ether oxygens (including phenoxy) is 1. The number of aromatic nitrogens is 1. The predicted molar refractivity (Wildman–Crippen MR) is 97.8 cm³/mol. The van der Waals surface area contributed by atoms with E-state index in [0.717, 1.165) is 30.0 Å². The number of nitrogens with one attached hydrogen (secondary N) is 2. The molecule has 0 saturated carbocycles. The summed E-state index contributed by atoms with van der Waals surface area (Å²) in [6.07, 6.45) is 3.37. The second-order valence-electron chi connectivity index (χ2n) is 5.52. The molecule has 128 valence electrons. The van der Waals surface area contributed by atoms with Gasteiger partial charge in [-0.1, -0.05) is 13.8 Å². The quantitative estimate of drug-likeness (QED) is 0.744. The van der Waals surface area contributed by atoms with Crippen molar-refractivity contribution in [1.29, 1.82) is 0 Å². The third-order valence-electron chi connectivity index (χ3n) is 3.83. The van der Waals surface area contributed by atoms with Crippen LogP contribution < -0.4 is 15.4 Å². The fourth-order valence-corrected chi connectivity index (χ4v) is 2.40. The van der Waals surface area contributed by atoms with E-state index in [9.17, 15) is 4.79 Å². The molecular weight excluding hydrogens is 302 g/mol. The van der Waals surface area contributed by atoms with Crippen molar-refractivity contribution in [2.75, 3.05) is 17.2 Å². The molecule has 2 aromatic rings. The van der Waals surface area contributed by atoms with E-state index in [0.29, 0.717) is 12.4 Å². The van der Waals surface area contributed by atoms with Crippen LogP contribution >= 0.6 is 0 Å². The molecule has 0 unspecified atom stereocenters. The fraction of sp³-hybridized carbons (Fsp3) is 0.368.